The molecule has 0 saturated heterocycles. The molecule has 0 aliphatic heterocycles. The van der Waals surface area contributed by atoms with E-state index in [-0.39, 0.29) is 5.91 Å². The van der Waals surface area contributed by atoms with Crippen molar-refractivity contribution in [1.29, 1.82) is 0 Å². The lowest BCUT2D eigenvalue weighted by Gasteiger charge is -2.05. The first-order chi connectivity index (χ1) is 12.1. The van der Waals surface area contributed by atoms with Crippen LogP contribution in [0, 0.1) is 6.92 Å². The highest BCUT2D eigenvalue weighted by Crippen LogP contribution is 2.29. The SMILES string of the molecule is Cc1[nH]c2cccc(Cl)c2c1CCNC(=O)c1cc2cccnc2[nH]1. The largest absolute Gasteiger partial charge is 0.358 e. The number of H-pyrrole nitrogens is 2. The van der Waals surface area contributed by atoms with E-state index in [9.17, 15) is 4.79 Å². The van der Waals surface area contributed by atoms with Crippen molar-refractivity contribution in [2.24, 2.45) is 0 Å². The van der Waals surface area contributed by atoms with Crippen LogP contribution in [0.4, 0.5) is 0 Å². The molecule has 4 rings (SSSR count). The van der Waals surface area contributed by atoms with Gasteiger partial charge in [0, 0.05) is 34.7 Å². The minimum atomic E-state index is -0.137. The van der Waals surface area contributed by atoms with Crippen molar-refractivity contribution in [3.05, 3.63) is 64.6 Å². The number of hydrogen-bond donors (Lipinski definition) is 3. The van der Waals surface area contributed by atoms with E-state index < -0.39 is 0 Å². The van der Waals surface area contributed by atoms with Crippen molar-refractivity contribution in [3.8, 4) is 0 Å². The molecule has 0 spiro atoms. The normalized spacial score (nSPS) is 11.3. The van der Waals surface area contributed by atoms with Gasteiger partial charge in [0.15, 0.2) is 0 Å². The Morgan fingerprint density at radius 3 is 2.96 bits per heavy atom. The van der Waals surface area contributed by atoms with Crippen LogP contribution in [0.25, 0.3) is 21.9 Å². The van der Waals surface area contributed by atoms with Crippen LogP contribution in [0.3, 0.4) is 0 Å². The molecular formula is C19H17ClN4O. The first-order valence-corrected chi connectivity index (χ1v) is 8.49. The van der Waals surface area contributed by atoms with Crippen LogP contribution in [-0.2, 0) is 6.42 Å². The molecule has 4 aromatic rings. The molecule has 0 radical (unpaired) electrons. The van der Waals surface area contributed by atoms with E-state index in [2.05, 4.69) is 20.3 Å². The molecule has 25 heavy (non-hydrogen) atoms. The smallest absolute Gasteiger partial charge is 0.267 e. The number of carbonyl (C=O) groups excluding carboxylic acids is 1. The Labute approximate surface area is 149 Å². The molecule has 0 saturated carbocycles. The predicted octanol–water partition coefficient (Wildman–Crippen LogP) is 3.98. The first kappa shape index (κ1) is 15.7. The summed E-state index contributed by atoms with van der Waals surface area (Å²) in [5.74, 6) is -0.137. The third-order valence-electron chi connectivity index (χ3n) is 4.39. The Kier molecular flexibility index (Phi) is 3.93. The van der Waals surface area contributed by atoms with Crippen molar-refractivity contribution < 1.29 is 4.79 Å². The molecule has 3 N–H and O–H groups in total. The van der Waals surface area contributed by atoms with Crippen molar-refractivity contribution >= 4 is 39.4 Å². The summed E-state index contributed by atoms with van der Waals surface area (Å²) in [6.45, 7) is 2.55. The summed E-state index contributed by atoms with van der Waals surface area (Å²) in [4.78, 5) is 22.9. The Morgan fingerprint density at radius 2 is 2.12 bits per heavy atom. The van der Waals surface area contributed by atoms with Gasteiger partial charge in [0.2, 0.25) is 0 Å². The molecule has 1 amide bonds. The van der Waals surface area contributed by atoms with Gasteiger partial charge in [0.1, 0.15) is 11.3 Å². The summed E-state index contributed by atoms with van der Waals surface area (Å²) in [7, 11) is 0. The van der Waals surface area contributed by atoms with E-state index in [4.69, 9.17) is 11.6 Å². The molecule has 0 bridgehead atoms. The number of halogens is 1. The van der Waals surface area contributed by atoms with Crippen LogP contribution in [0.15, 0.2) is 42.6 Å². The topological polar surface area (TPSA) is 73.6 Å². The summed E-state index contributed by atoms with van der Waals surface area (Å²) in [5, 5.41) is 5.64. The maximum Gasteiger partial charge on any atom is 0.267 e. The number of nitrogens with one attached hydrogen (secondary N) is 3. The van der Waals surface area contributed by atoms with E-state index in [0.717, 1.165) is 32.6 Å². The number of rotatable bonds is 4. The number of nitrogens with zero attached hydrogens (tertiary/aromatic N) is 1. The number of fused-ring (bicyclic) bond motifs is 2. The average Bonchev–Trinajstić information content (AvgIpc) is 3.17. The molecule has 5 nitrogen and oxygen atoms in total. The minimum absolute atomic E-state index is 0.137. The highest BCUT2D eigenvalue weighted by molar-refractivity contribution is 6.35. The lowest BCUT2D eigenvalue weighted by atomic mass is 10.1. The van der Waals surface area contributed by atoms with Crippen molar-refractivity contribution in [1.82, 2.24) is 20.3 Å². The molecular weight excluding hydrogens is 336 g/mol. The Balaban J connectivity index is 1.49. The zero-order valence-electron chi connectivity index (χ0n) is 13.7. The molecule has 0 aliphatic carbocycles. The van der Waals surface area contributed by atoms with Gasteiger partial charge in [-0.25, -0.2) is 4.98 Å². The van der Waals surface area contributed by atoms with Crippen LogP contribution < -0.4 is 5.32 Å². The molecule has 3 heterocycles. The monoisotopic (exact) mass is 352 g/mol. The second-order valence-electron chi connectivity index (χ2n) is 6.02. The number of aryl methyl sites for hydroxylation is 1. The van der Waals surface area contributed by atoms with Gasteiger partial charge in [-0.3, -0.25) is 4.79 Å². The number of amides is 1. The summed E-state index contributed by atoms with van der Waals surface area (Å²) < 4.78 is 0. The quantitative estimate of drug-likeness (QED) is 0.519. The number of carbonyl (C=O) groups is 1. The molecule has 126 valence electrons. The number of aromatic amines is 2. The minimum Gasteiger partial charge on any atom is -0.358 e. The molecule has 0 atom stereocenters. The van der Waals surface area contributed by atoms with Crippen LogP contribution >= 0.6 is 11.6 Å². The second kappa shape index (κ2) is 6.26. The molecule has 0 aliphatic rings. The highest BCUT2D eigenvalue weighted by atomic mass is 35.5. The number of hydrogen-bond acceptors (Lipinski definition) is 2. The predicted molar refractivity (Wildman–Crippen MR) is 100 cm³/mol. The summed E-state index contributed by atoms with van der Waals surface area (Å²) >= 11 is 6.34. The fourth-order valence-electron chi connectivity index (χ4n) is 3.19. The Morgan fingerprint density at radius 1 is 1.24 bits per heavy atom. The van der Waals surface area contributed by atoms with Crippen molar-refractivity contribution in [2.45, 2.75) is 13.3 Å². The first-order valence-electron chi connectivity index (χ1n) is 8.11. The highest BCUT2D eigenvalue weighted by Gasteiger charge is 2.13. The van der Waals surface area contributed by atoms with Gasteiger partial charge in [-0.2, -0.15) is 0 Å². The summed E-state index contributed by atoms with van der Waals surface area (Å²) in [5.41, 5.74) is 4.47. The van der Waals surface area contributed by atoms with Gasteiger partial charge in [0.05, 0.1) is 5.02 Å². The molecule has 1 aromatic carbocycles. The standard InChI is InChI=1S/C19H17ClN4O/c1-11-13(17-14(20)5-2-6-15(17)23-11)7-9-22-19(25)16-10-12-4-3-8-21-18(12)24-16/h2-6,8,10,23H,7,9H2,1H3,(H,21,24)(H,22,25). The van der Waals surface area contributed by atoms with E-state index >= 15 is 0 Å². The summed E-state index contributed by atoms with van der Waals surface area (Å²) in [6.07, 6.45) is 2.41. The number of aromatic nitrogens is 3. The zero-order valence-corrected chi connectivity index (χ0v) is 14.4. The number of pyridine rings is 1. The average molecular weight is 353 g/mol. The van der Waals surface area contributed by atoms with E-state index in [1.165, 1.54) is 0 Å². The van der Waals surface area contributed by atoms with Crippen molar-refractivity contribution in [2.75, 3.05) is 6.54 Å². The third-order valence-corrected chi connectivity index (χ3v) is 4.70. The Hall–Kier alpha value is -2.79. The molecule has 3 aromatic heterocycles. The van der Waals surface area contributed by atoms with E-state index in [1.54, 1.807) is 6.20 Å². The van der Waals surface area contributed by atoms with Crippen LogP contribution in [0.2, 0.25) is 5.02 Å². The zero-order chi connectivity index (χ0) is 17.4. The van der Waals surface area contributed by atoms with Gasteiger partial charge in [0.25, 0.3) is 5.91 Å². The molecule has 0 fully saturated rings. The van der Waals surface area contributed by atoms with Gasteiger partial charge in [-0.05, 0) is 49.2 Å². The van der Waals surface area contributed by atoms with Crippen LogP contribution in [0.1, 0.15) is 21.7 Å². The molecule has 6 heteroatoms. The van der Waals surface area contributed by atoms with Gasteiger partial charge in [-0.15, -0.1) is 0 Å². The Bertz CT molecular complexity index is 1050. The third kappa shape index (κ3) is 2.87. The van der Waals surface area contributed by atoms with Crippen molar-refractivity contribution in [3.63, 3.8) is 0 Å². The van der Waals surface area contributed by atoms with E-state index in [0.29, 0.717) is 24.3 Å². The number of benzene rings is 1. The molecule has 0 unspecified atom stereocenters. The van der Waals surface area contributed by atoms with Crippen LogP contribution in [-0.4, -0.2) is 27.4 Å². The lowest BCUT2D eigenvalue weighted by Crippen LogP contribution is -2.26. The second-order valence-corrected chi connectivity index (χ2v) is 6.43. The van der Waals surface area contributed by atoms with Crippen LogP contribution in [0.5, 0.6) is 0 Å². The maximum absolute atomic E-state index is 12.4. The van der Waals surface area contributed by atoms with Gasteiger partial charge >= 0.3 is 0 Å². The maximum atomic E-state index is 12.4. The lowest BCUT2D eigenvalue weighted by molar-refractivity contribution is 0.0950. The van der Waals surface area contributed by atoms with E-state index in [1.807, 2.05) is 43.3 Å². The fourth-order valence-corrected chi connectivity index (χ4v) is 3.48. The van der Waals surface area contributed by atoms with Gasteiger partial charge in [-0.1, -0.05) is 17.7 Å². The fraction of sp³-hybridized carbons (Fsp3) is 0.158. The summed E-state index contributed by atoms with van der Waals surface area (Å²) in [6, 6.07) is 11.4. The van der Waals surface area contributed by atoms with Gasteiger partial charge < -0.3 is 15.3 Å².